The first-order valence-electron chi connectivity index (χ1n) is 5.22. The highest BCUT2D eigenvalue weighted by molar-refractivity contribution is 7.16. The first-order valence-corrected chi connectivity index (χ1v) is 6.10. The van der Waals surface area contributed by atoms with E-state index < -0.39 is 0 Å². The minimum atomic E-state index is 0.711. The summed E-state index contributed by atoms with van der Waals surface area (Å²) in [5.41, 5.74) is 0.928. The second kappa shape index (κ2) is 3.89. The molecule has 0 spiro atoms. The quantitative estimate of drug-likeness (QED) is 0.692. The molecule has 0 radical (unpaired) electrons. The normalized spacial score (nSPS) is 10.9. The largest absolute Gasteiger partial charge is 0.493 e. The van der Waals surface area contributed by atoms with E-state index in [-0.39, 0.29) is 0 Å². The van der Waals surface area contributed by atoms with Gasteiger partial charge in [0.05, 0.1) is 19.7 Å². The van der Waals surface area contributed by atoms with Crippen molar-refractivity contribution >= 4 is 32.5 Å². The summed E-state index contributed by atoms with van der Waals surface area (Å²) in [7, 11) is 3.27. The Morgan fingerprint density at radius 2 is 1.76 bits per heavy atom. The number of hydrogen-bond donors (Lipinski definition) is 0. The van der Waals surface area contributed by atoms with Crippen molar-refractivity contribution in [3.63, 3.8) is 0 Å². The van der Waals surface area contributed by atoms with Gasteiger partial charge in [-0.05, 0) is 23.6 Å². The van der Waals surface area contributed by atoms with Gasteiger partial charge in [-0.1, -0.05) is 0 Å². The van der Waals surface area contributed by atoms with Gasteiger partial charge in [0, 0.05) is 16.8 Å². The zero-order valence-corrected chi connectivity index (χ0v) is 10.4. The molecule has 17 heavy (non-hydrogen) atoms. The topological polar surface area (TPSA) is 31.4 Å². The molecule has 2 heterocycles. The minimum Gasteiger partial charge on any atom is -0.493 e. The highest BCUT2D eigenvalue weighted by atomic mass is 32.1. The molecule has 1 aromatic carbocycles. The van der Waals surface area contributed by atoms with Crippen LogP contribution in [0.3, 0.4) is 0 Å². The number of rotatable bonds is 2. The summed E-state index contributed by atoms with van der Waals surface area (Å²) >= 11 is 1.64. The van der Waals surface area contributed by atoms with E-state index in [2.05, 4.69) is 17.1 Å². The number of ether oxygens (including phenoxy) is 2. The van der Waals surface area contributed by atoms with E-state index in [1.165, 1.54) is 0 Å². The highest BCUT2D eigenvalue weighted by Crippen LogP contribution is 2.33. The summed E-state index contributed by atoms with van der Waals surface area (Å²) in [6, 6.07) is 8.06. The van der Waals surface area contributed by atoms with Gasteiger partial charge in [0.2, 0.25) is 0 Å². The number of nitrogens with zero attached hydrogens (tertiary/aromatic N) is 1. The second-order valence-corrected chi connectivity index (χ2v) is 4.60. The number of thiophene rings is 1. The fourth-order valence-corrected chi connectivity index (χ4v) is 2.64. The van der Waals surface area contributed by atoms with Crippen LogP contribution in [0.15, 0.2) is 29.6 Å². The van der Waals surface area contributed by atoms with Crippen LogP contribution in [0.25, 0.3) is 21.1 Å². The Labute approximate surface area is 103 Å². The molecule has 0 aliphatic heterocycles. The Morgan fingerprint density at radius 3 is 2.53 bits per heavy atom. The van der Waals surface area contributed by atoms with Crippen LogP contribution >= 0.6 is 11.3 Å². The van der Waals surface area contributed by atoms with E-state index in [0.717, 1.165) is 26.9 Å². The van der Waals surface area contributed by atoms with E-state index in [4.69, 9.17) is 9.47 Å². The number of methoxy groups -OCH3 is 2. The second-order valence-electron chi connectivity index (χ2n) is 3.70. The summed E-state index contributed by atoms with van der Waals surface area (Å²) in [6.45, 7) is 0. The molecule has 0 amide bonds. The summed E-state index contributed by atoms with van der Waals surface area (Å²) in [6.07, 6.45) is 0. The van der Waals surface area contributed by atoms with E-state index in [9.17, 15) is 0 Å². The van der Waals surface area contributed by atoms with Crippen molar-refractivity contribution in [2.75, 3.05) is 14.2 Å². The third-order valence-electron chi connectivity index (χ3n) is 2.74. The maximum Gasteiger partial charge on any atom is 0.162 e. The van der Waals surface area contributed by atoms with Crippen LogP contribution in [0, 0.1) is 0 Å². The Hall–Kier alpha value is -1.81. The summed E-state index contributed by atoms with van der Waals surface area (Å²) in [4.78, 5) is 5.65. The molecule has 0 atom stereocenters. The molecule has 2 aromatic heterocycles. The minimum absolute atomic E-state index is 0.711. The molecule has 0 aliphatic rings. The van der Waals surface area contributed by atoms with Crippen molar-refractivity contribution in [2.24, 2.45) is 0 Å². The number of hydrogen-bond acceptors (Lipinski definition) is 4. The summed E-state index contributed by atoms with van der Waals surface area (Å²) in [5, 5.41) is 4.27. The lowest BCUT2D eigenvalue weighted by Gasteiger charge is -2.08. The van der Waals surface area contributed by atoms with E-state index >= 15 is 0 Å². The Balaban J connectivity index is 2.36. The van der Waals surface area contributed by atoms with Crippen molar-refractivity contribution in [1.82, 2.24) is 4.98 Å². The van der Waals surface area contributed by atoms with Crippen LogP contribution in [-0.4, -0.2) is 19.2 Å². The maximum absolute atomic E-state index is 5.29. The Morgan fingerprint density at radius 1 is 1.00 bits per heavy atom. The van der Waals surface area contributed by atoms with Crippen LogP contribution < -0.4 is 9.47 Å². The molecule has 86 valence electrons. The molecule has 0 unspecified atom stereocenters. The van der Waals surface area contributed by atoms with Gasteiger partial charge in [0.25, 0.3) is 0 Å². The number of pyridine rings is 1. The van der Waals surface area contributed by atoms with Gasteiger partial charge in [-0.25, -0.2) is 4.98 Å². The molecule has 3 rings (SSSR count). The van der Waals surface area contributed by atoms with Crippen molar-refractivity contribution in [2.45, 2.75) is 0 Å². The molecule has 0 N–H and O–H groups in total. The zero-order valence-electron chi connectivity index (χ0n) is 9.56. The van der Waals surface area contributed by atoms with Gasteiger partial charge in [-0.2, -0.15) is 0 Å². The van der Waals surface area contributed by atoms with Crippen LogP contribution in [0.4, 0.5) is 0 Å². The SMILES string of the molecule is COc1cc2cc3ccsc3nc2cc1OC. The van der Waals surface area contributed by atoms with Gasteiger partial charge < -0.3 is 9.47 Å². The summed E-state index contributed by atoms with van der Waals surface area (Å²) < 4.78 is 10.6. The lowest BCUT2D eigenvalue weighted by atomic mass is 10.1. The summed E-state index contributed by atoms with van der Waals surface area (Å²) in [5.74, 6) is 1.44. The average Bonchev–Trinajstić information content (AvgIpc) is 2.81. The van der Waals surface area contributed by atoms with E-state index in [1.54, 1.807) is 25.6 Å². The number of benzene rings is 1. The highest BCUT2D eigenvalue weighted by Gasteiger charge is 2.08. The number of aromatic nitrogens is 1. The third kappa shape index (κ3) is 1.61. The fraction of sp³-hybridized carbons (Fsp3) is 0.154. The Kier molecular flexibility index (Phi) is 2.37. The average molecular weight is 245 g/mol. The van der Waals surface area contributed by atoms with Gasteiger partial charge >= 0.3 is 0 Å². The van der Waals surface area contributed by atoms with Crippen molar-refractivity contribution < 1.29 is 9.47 Å². The van der Waals surface area contributed by atoms with Crippen molar-refractivity contribution in [1.29, 1.82) is 0 Å². The molecule has 0 aliphatic carbocycles. The van der Waals surface area contributed by atoms with Crippen molar-refractivity contribution in [3.8, 4) is 11.5 Å². The predicted molar refractivity (Wildman–Crippen MR) is 70.2 cm³/mol. The molecule has 0 saturated carbocycles. The molecule has 4 heteroatoms. The van der Waals surface area contributed by atoms with Crippen molar-refractivity contribution in [3.05, 3.63) is 29.6 Å². The lowest BCUT2D eigenvalue weighted by Crippen LogP contribution is -1.91. The van der Waals surface area contributed by atoms with E-state index in [1.807, 2.05) is 17.5 Å². The molecule has 3 aromatic rings. The van der Waals surface area contributed by atoms with Gasteiger partial charge in [0.1, 0.15) is 4.83 Å². The molecule has 0 bridgehead atoms. The molecular weight excluding hydrogens is 234 g/mol. The lowest BCUT2D eigenvalue weighted by molar-refractivity contribution is 0.356. The fourth-order valence-electron chi connectivity index (χ4n) is 1.89. The predicted octanol–water partition coefficient (Wildman–Crippen LogP) is 3.47. The van der Waals surface area contributed by atoms with Crippen LogP contribution in [-0.2, 0) is 0 Å². The van der Waals surface area contributed by atoms with Crippen LogP contribution in [0.5, 0.6) is 11.5 Å². The van der Waals surface area contributed by atoms with Gasteiger partial charge in [-0.15, -0.1) is 11.3 Å². The number of fused-ring (bicyclic) bond motifs is 2. The first kappa shape index (κ1) is 10.4. The Bertz CT molecular complexity index is 633. The smallest absolute Gasteiger partial charge is 0.162 e. The van der Waals surface area contributed by atoms with Gasteiger partial charge in [-0.3, -0.25) is 0 Å². The molecular formula is C13H11NO2S. The molecule has 0 saturated heterocycles. The molecule has 3 nitrogen and oxygen atoms in total. The first-order chi connectivity index (χ1) is 8.31. The van der Waals surface area contributed by atoms with Crippen LogP contribution in [0.1, 0.15) is 0 Å². The third-order valence-corrected chi connectivity index (χ3v) is 3.56. The van der Waals surface area contributed by atoms with E-state index in [0.29, 0.717) is 5.75 Å². The monoisotopic (exact) mass is 245 g/mol. The maximum atomic E-state index is 5.29. The van der Waals surface area contributed by atoms with Gasteiger partial charge in [0.15, 0.2) is 11.5 Å². The standard InChI is InChI=1S/C13H11NO2S/c1-15-11-6-9-5-8-3-4-17-13(8)14-10(9)7-12(11)16-2/h3-7H,1-2H3. The zero-order chi connectivity index (χ0) is 11.8. The molecule has 0 fully saturated rings. The van der Waals surface area contributed by atoms with Crippen LogP contribution in [0.2, 0.25) is 0 Å².